The van der Waals surface area contributed by atoms with E-state index >= 15 is 0 Å². The Bertz CT molecular complexity index is 1610. The van der Waals surface area contributed by atoms with Gasteiger partial charge >= 0.3 is 5.97 Å². The number of aliphatic hydroxyl groups is 8. The van der Waals surface area contributed by atoms with E-state index in [1.54, 1.807) is 0 Å². The number of phenols is 4. The topological polar surface area (TPSA) is 324 Å². The van der Waals surface area contributed by atoms with Gasteiger partial charge in [-0.15, -0.1) is 0 Å². The Morgan fingerprint density at radius 1 is 0.852 bits per heavy atom. The molecule has 3 heterocycles. The molecule has 3 saturated heterocycles. The van der Waals surface area contributed by atoms with Gasteiger partial charge in [-0.3, -0.25) is 0 Å². The monoisotopic (exact) mass is 772 g/mol. The Balaban J connectivity index is 1.44. The minimum Gasteiger partial charge on any atom is -0.504 e. The third-order valence-corrected chi connectivity index (χ3v) is 9.18. The second kappa shape index (κ2) is 17.4. The molecule has 5 rings (SSSR count). The quantitative estimate of drug-likeness (QED) is 0.0546. The highest BCUT2D eigenvalue weighted by Crippen LogP contribution is 2.34. The van der Waals surface area contributed by atoms with Crippen molar-refractivity contribution in [1.29, 1.82) is 0 Å². The lowest BCUT2D eigenvalue weighted by Gasteiger charge is -2.47. The summed E-state index contributed by atoms with van der Waals surface area (Å²) in [6.07, 6.45) is -19.5. The van der Waals surface area contributed by atoms with E-state index in [1.807, 2.05) is 0 Å². The zero-order valence-electron chi connectivity index (χ0n) is 28.6. The number of esters is 1. The van der Waals surface area contributed by atoms with E-state index in [-0.39, 0.29) is 11.1 Å². The molecule has 0 spiro atoms. The van der Waals surface area contributed by atoms with Crippen molar-refractivity contribution in [2.24, 2.45) is 0 Å². The highest BCUT2D eigenvalue weighted by Gasteiger charge is 2.54. The SMILES string of the molecule is C[C@@H]1O[C@@H](O[C@@H]2[C@@H](O)[C@H](OC[C@@H](O)c3ccc(O)c(O)c3)O[C@H](CO[C@@H]3OC[C@](O)(CO)[C@H]3O)[C@H]2OC(=O)/C=C/c2ccc(O)c(O)c2)[C@H](O)[C@H](O)[C@H]1O. The largest absolute Gasteiger partial charge is 0.504 e. The van der Waals surface area contributed by atoms with E-state index in [1.165, 1.54) is 31.2 Å². The smallest absolute Gasteiger partial charge is 0.331 e. The Morgan fingerprint density at radius 2 is 1.54 bits per heavy atom. The molecule has 300 valence electrons. The van der Waals surface area contributed by atoms with Crippen molar-refractivity contribution < 1.29 is 99.2 Å². The zero-order chi connectivity index (χ0) is 39.5. The van der Waals surface area contributed by atoms with Crippen LogP contribution >= 0.6 is 0 Å². The van der Waals surface area contributed by atoms with Crippen LogP contribution < -0.4 is 0 Å². The minimum atomic E-state index is -2.08. The molecule has 0 aliphatic carbocycles. The van der Waals surface area contributed by atoms with Crippen molar-refractivity contribution in [1.82, 2.24) is 0 Å². The summed E-state index contributed by atoms with van der Waals surface area (Å²) in [6, 6.07) is 7.16. The second-order valence-corrected chi connectivity index (χ2v) is 13.1. The van der Waals surface area contributed by atoms with Crippen LogP contribution in [-0.2, 0) is 38.0 Å². The average Bonchev–Trinajstić information content (AvgIpc) is 3.44. The van der Waals surface area contributed by atoms with Gasteiger partial charge < -0.3 is 94.4 Å². The maximum absolute atomic E-state index is 13.2. The van der Waals surface area contributed by atoms with Gasteiger partial charge in [0.15, 0.2) is 48.0 Å². The lowest BCUT2D eigenvalue weighted by atomic mass is 9.96. The van der Waals surface area contributed by atoms with Gasteiger partial charge in [0.2, 0.25) is 0 Å². The first-order chi connectivity index (χ1) is 25.5. The van der Waals surface area contributed by atoms with Crippen LogP contribution in [0.4, 0.5) is 0 Å². The van der Waals surface area contributed by atoms with Gasteiger partial charge in [-0.25, -0.2) is 4.79 Å². The number of carbonyl (C=O) groups is 1. The molecular formula is C34H44O20. The molecule has 3 aliphatic heterocycles. The number of rotatable bonds is 13. The van der Waals surface area contributed by atoms with E-state index in [9.17, 15) is 66.1 Å². The maximum Gasteiger partial charge on any atom is 0.331 e. The Labute approximate surface area is 306 Å². The minimum absolute atomic E-state index is 0.0906. The molecule has 20 heteroatoms. The number of hydrogen-bond acceptors (Lipinski definition) is 20. The van der Waals surface area contributed by atoms with E-state index < -0.39 is 141 Å². The normalized spacial score (nSPS) is 36.3. The van der Waals surface area contributed by atoms with Gasteiger partial charge in [-0.2, -0.15) is 0 Å². The van der Waals surface area contributed by atoms with Crippen LogP contribution in [0.3, 0.4) is 0 Å². The Kier molecular flexibility index (Phi) is 13.4. The summed E-state index contributed by atoms with van der Waals surface area (Å²) in [5, 5.41) is 123. The lowest BCUT2D eigenvalue weighted by molar-refractivity contribution is -0.361. The Hall–Kier alpha value is -3.71. The van der Waals surface area contributed by atoms with Crippen LogP contribution in [0.2, 0.25) is 0 Å². The molecule has 2 aromatic rings. The van der Waals surface area contributed by atoms with Gasteiger partial charge in [0.25, 0.3) is 0 Å². The summed E-state index contributed by atoms with van der Waals surface area (Å²) in [7, 11) is 0. The summed E-state index contributed by atoms with van der Waals surface area (Å²) >= 11 is 0. The first-order valence-corrected chi connectivity index (χ1v) is 16.7. The standard InChI is InChI=1S/C34H44O20/c1-14-24(42)25(43)26(44)32(51-14)54-29-27(45)31(48-10-21(40)16-4-6-18(37)20(39)9-16)52-22(11-49-33-30(46)34(47,12-35)13-50-33)28(29)53-23(41)7-3-15-2-5-17(36)19(38)8-15/h2-9,14,21-22,24-33,35-40,42-47H,10-13H2,1H3/b7-3+/t14-,21+,22+,24-,25+,26+,27+,28+,29+,30-,31+,32-,33+,34+/m0/s1. The second-order valence-electron chi connectivity index (χ2n) is 13.1. The molecule has 0 unspecified atom stereocenters. The first-order valence-electron chi connectivity index (χ1n) is 16.7. The van der Waals surface area contributed by atoms with Crippen molar-refractivity contribution in [2.45, 2.75) is 92.4 Å². The molecule has 3 aliphatic rings. The van der Waals surface area contributed by atoms with Gasteiger partial charge in [-0.05, 0) is 48.4 Å². The van der Waals surface area contributed by atoms with Gasteiger partial charge in [0.05, 0.1) is 32.5 Å². The van der Waals surface area contributed by atoms with Crippen LogP contribution in [0.15, 0.2) is 42.5 Å². The summed E-state index contributed by atoms with van der Waals surface area (Å²) < 4.78 is 39.7. The number of aromatic hydroxyl groups is 4. The van der Waals surface area contributed by atoms with Gasteiger partial charge in [-0.1, -0.05) is 12.1 Å². The maximum atomic E-state index is 13.2. The van der Waals surface area contributed by atoms with Crippen LogP contribution in [-0.4, -0.2) is 173 Å². The number of ether oxygens (including phenoxy) is 7. The molecule has 54 heavy (non-hydrogen) atoms. The molecular weight excluding hydrogens is 728 g/mol. The van der Waals surface area contributed by atoms with Crippen molar-refractivity contribution in [2.75, 3.05) is 26.4 Å². The fourth-order valence-corrected chi connectivity index (χ4v) is 5.88. The molecule has 0 amide bonds. The van der Waals surface area contributed by atoms with Crippen molar-refractivity contribution in [3.63, 3.8) is 0 Å². The van der Waals surface area contributed by atoms with Crippen LogP contribution in [0.25, 0.3) is 6.08 Å². The van der Waals surface area contributed by atoms with E-state index in [0.717, 1.165) is 24.3 Å². The molecule has 12 N–H and O–H groups in total. The predicted octanol–water partition coefficient (Wildman–Crippen LogP) is -3.06. The molecule has 0 aromatic heterocycles. The summed E-state index contributed by atoms with van der Waals surface area (Å²) in [5.74, 6) is -2.97. The number of benzene rings is 2. The summed E-state index contributed by atoms with van der Waals surface area (Å²) in [6.45, 7) is -1.32. The van der Waals surface area contributed by atoms with Crippen LogP contribution in [0.1, 0.15) is 24.2 Å². The fourth-order valence-electron chi connectivity index (χ4n) is 5.88. The van der Waals surface area contributed by atoms with Crippen LogP contribution in [0.5, 0.6) is 23.0 Å². The summed E-state index contributed by atoms with van der Waals surface area (Å²) in [4.78, 5) is 13.2. The molecule has 14 atom stereocenters. The number of hydrogen-bond donors (Lipinski definition) is 12. The highest BCUT2D eigenvalue weighted by molar-refractivity contribution is 5.87. The van der Waals surface area contributed by atoms with Gasteiger partial charge in [0, 0.05) is 6.08 Å². The van der Waals surface area contributed by atoms with Gasteiger partial charge in [0.1, 0.15) is 54.4 Å². The lowest BCUT2D eigenvalue weighted by Crippen LogP contribution is -2.65. The van der Waals surface area contributed by atoms with E-state index in [2.05, 4.69) is 0 Å². The molecule has 20 nitrogen and oxygen atoms in total. The highest BCUT2D eigenvalue weighted by atomic mass is 16.8. The fraction of sp³-hybridized carbons (Fsp3) is 0.559. The van der Waals surface area contributed by atoms with Crippen molar-refractivity contribution in [3.05, 3.63) is 53.6 Å². The van der Waals surface area contributed by atoms with Crippen molar-refractivity contribution in [3.8, 4) is 23.0 Å². The third kappa shape index (κ3) is 9.21. The third-order valence-electron chi connectivity index (χ3n) is 9.18. The molecule has 0 bridgehead atoms. The van der Waals surface area contributed by atoms with E-state index in [4.69, 9.17) is 33.2 Å². The predicted molar refractivity (Wildman–Crippen MR) is 175 cm³/mol. The van der Waals surface area contributed by atoms with E-state index in [0.29, 0.717) is 0 Å². The Morgan fingerprint density at radius 3 is 2.19 bits per heavy atom. The van der Waals surface area contributed by atoms with Crippen LogP contribution in [0, 0.1) is 0 Å². The van der Waals surface area contributed by atoms with Crippen molar-refractivity contribution >= 4 is 12.0 Å². The first kappa shape index (κ1) is 41.5. The number of aliphatic hydroxyl groups excluding tert-OH is 7. The summed E-state index contributed by atoms with van der Waals surface area (Å²) in [5.41, 5.74) is -1.74. The molecule has 0 saturated carbocycles. The molecule has 2 aromatic carbocycles. The number of carbonyl (C=O) groups excluding carboxylic acids is 1. The number of phenolic OH excluding ortho intramolecular Hbond substituents is 4. The average molecular weight is 773 g/mol. The zero-order valence-corrected chi connectivity index (χ0v) is 28.6. The molecule has 3 fully saturated rings. The molecule has 0 radical (unpaired) electrons.